The molecule has 2 nitrogen and oxygen atoms in total. The van der Waals surface area contributed by atoms with Gasteiger partial charge in [0.2, 0.25) is 0 Å². The highest BCUT2D eigenvalue weighted by molar-refractivity contribution is 6.03. The van der Waals surface area contributed by atoms with Crippen LogP contribution in [0.2, 0.25) is 0 Å². The molecule has 0 radical (unpaired) electrons. The Balaban J connectivity index is 1.62. The lowest BCUT2D eigenvalue weighted by Gasteiger charge is -2.09. The van der Waals surface area contributed by atoms with E-state index in [2.05, 4.69) is 84.9 Å². The molecule has 6 aromatic rings. The molecule has 0 amide bonds. The van der Waals surface area contributed by atoms with Crippen LogP contribution in [0, 0.1) is 0 Å². The highest BCUT2D eigenvalue weighted by atomic mass is 14.7. The molecule has 0 aliphatic rings. The molecule has 2 aromatic heterocycles. The number of pyridine rings is 2. The van der Waals surface area contributed by atoms with Crippen molar-refractivity contribution in [2.75, 3.05) is 0 Å². The first-order valence-electron chi connectivity index (χ1n) is 9.44. The monoisotopic (exact) mass is 356 g/mol. The second-order valence-corrected chi connectivity index (χ2v) is 7.14. The van der Waals surface area contributed by atoms with Crippen LogP contribution in [0.1, 0.15) is 0 Å². The topological polar surface area (TPSA) is 25.8 Å². The minimum absolute atomic E-state index is 1.02. The molecule has 6 rings (SSSR count). The van der Waals surface area contributed by atoms with E-state index in [0.717, 1.165) is 38.4 Å². The van der Waals surface area contributed by atoms with Crippen molar-refractivity contribution in [1.29, 1.82) is 0 Å². The van der Waals surface area contributed by atoms with Gasteiger partial charge in [0.25, 0.3) is 0 Å². The molecule has 0 bridgehead atoms. The number of rotatable bonds is 1. The predicted molar refractivity (Wildman–Crippen MR) is 117 cm³/mol. The average molecular weight is 356 g/mol. The van der Waals surface area contributed by atoms with Crippen LogP contribution in [0.4, 0.5) is 0 Å². The smallest absolute Gasteiger partial charge is 0.0715 e. The Hall–Kier alpha value is -3.78. The van der Waals surface area contributed by atoms with Gasteiger partial charge >= 0.3 is 0 Å². The van der Waals surface area contributed by atoms with Crippen LogP contribution in [0.15, 0.2) is 97.1 Å². The second kappa shape index (κ2) is 5.86. The molecule has 0 unspecified atom stereocenters. The lowest BCUT2D eigenvalue weighted by Crippen LogP contribution is -1.88. The maximum atomic E-state index is 4.88. The number of benzene rings is 4. The van der Waals surface area contributed by atoms with Gasteiger partial charge in [-0.2, -0.15) is 0 Å². The van der Waals surface area contributed by atoms with Gasteiger partial charge in [-0.15, -0.1) is 0 Å². The predicted octanol–water partition coefficient (Wildman–Crippen LogP) is 6.76. The fourth-order valence-electron chi connectivity index (χ4n) is 3.99. The van der Waals surface area contributed by atoms with Crippen LogP contribution in [0.25, 0.3) is 54.7 Å². The largest absolute Gasteiger partial charge is 0.248 e. The molecule has 0 aliphatic carbocycles. The molecule has 0 fully saturated rings. The summed E-state index contributed by atoms with van der Waals surface area (Å²) in [5, 5.41) is 4.66. The van der Waals surface area contributed by atoms with Crippen LogP contribution >= 0.6 is 0 Å². The first kappa shape index (κ1) is 15.3. The summed E-state index contributed by atoms with van der Waals surface area (Å²) >= 11 is 0. The van der Waals surface area contributed by atoms with E-state index in [-0.39, 0.29) is 0 Å². The van der Waals surface area contributed by atoms with Gasteiger partial charge in [0.1, 0.15) is 0 Å². The zero-order valence-electron chi connectivity index (χ0n) is 15.1. The van der Waals surface area contributed by atoms with E-state index in [0.29, 0.717) is 0 Å². The third-order valence-corrected chi connectivity index (χ3v) is 5.39. The normalized spacial score (nSPS) is 11.6. The standard InChI is InChI=1S/C26H16N2/c1-3-9-23-18(6-1)14-20-13-12-17(16-26(20)28-23)21-8-5-11-25-22(21)15-19-7-2-4-10-24(19)27-25/h1-16H. The highest BCUT2D eigenvalue weighted by Crippen LogP contribution is 2.32. The summed E-state index contributed by atoms with van der Waals surface area (Å²) in [6.07, 6.45) is 0. The Morgan fingerprint density at radius 1 is 0.429 bits per heavy atom. The third-order valence-electron chi connectivity index (χ3n) is 5.39. The van der Waals surface area contributed by atoms with Gasteiger partial charge in [-0.1, -0.05) is 60.7 Å². The van der Waals surface area contributed by atoms with Crippen molar-refractivity contribution in [3.63, 3.8) is 0 Å². The van der Waals surface area contributed by atoms with Gasteiger partial charge in [-0.25, -0.2) is 9.97 Å². The number of hydrogen-bond donors (Lipinski definition) is 0. The van der Waals surface area contributed by atoms with Gasteiger partial charge in [-0.3, -0.25) is 0 Å². The van der Waals surface area contributed by atoms with Crippen LogP contribution in [-0.2, 0) is 0 Å². The molecule has 0 spiro atoms. The van der Waals surface area contributed by atoms with Crippen molar-refractivity contribution in [2.24, 2.45) is 0 Å². The molecule has 4 aromatic carbocycles. The van der Waals surface area contributed by atoms with Gasteiger partial charge in [0, 0.05) is 21.5 Å². The summed E-state index contributed by atoms with van der Waals surface area (Å²) in [5.41, 5.74) is 6.44. The van der Waals surface area contributed by atoms with Crippen molar-refractivity contribution in [2.45, 2.75) is 0 Å². The molecule has 0 aliphatic heterocycles. The van der Waals surface area contributed by atoms with Crippen molar-refractivity contribution in [3.05, 3.63) is 97.1 Å². The average Bonchev–Trinajstić information content (AvgIpc) is 2.75. The number of para-hydroxylation sites is 2. The van der Waals surface area contributed by atoms with E-state index in [1.54, 1.807) is 0 Å². The maximum Gasteiger partial charge on any atom is 0.0715 e. The van der Waals surface area contributed by atoms with Crippen LogP contribution < -0.4 is 0 Å². The molecule has 0 N–H and O–H groups in total. The summed E-state index contributed by atoms with van der Waals surface area (Å²) in [5.74, 6) is 0. The molecular formula is C26H16N2. The van der Waals surface area contributed by atoms with Gasteiger partial charge in [0.05, 0.1) is 22.1 Å². The van der Waals surface area contributed by atoms with E-state index in [1.165, 1.54) is 16.3 Å². The van der Waals surface area contributed by atoms with Crippen molar-refractivity contribution in [1.82, 2.24) is 9.97 Å². The molecule has 0 atom stereocenters. The molecule has 2 heteroatoms. The molecule has 2 heterocycles. The fourth-order valence-corrected chi connectivity index (χ4v) is 3.99. The summed E-state index contributed by atoms with van der Waals surface area (Å²) in [6.45, 7) is 0. The van der Waals surface area contributed by atoms with Gasteiger partial charge in [-0.05, 0) is 47.5 Å². The Morgan fingerprint density at radius 3 is 1.89 bits per heavy atom. The van der Waals surface area contributed by atoms with Gasteiger partial charge in [0.15, 0.2) is 0 Å². The minimum Gasteiger partial charge on any atom is -0.248 e. The third kappa shape index (κ3) is 2.35. The number of aromatic nitrogens is 2. The zero-order valence-corrected chi connectivity index (χ0v) is 15.1. The molecule has 0 saturated heterocycles. The van der Waals surface area contributed by atoms with Crippen molar-refractivity contribution in [3.8, 4) is 11.1 Å². The Kier molecular flexibility index (Phi) is 3.20. The summed E-state index contributed by atoms with van der Waals surface area (Å²) in [6, 6.07) is 33.8. The van der Waals surface area contributed by atoms with Crippen molar-refractivity contribution < 1.29 is 0 Å². The second-order valence-electron chi connectivity index (χ2n) is 7.14. The highest BCUT2D eigenvalue weighted by Gasteiger charge is 2.08. The van der Waals surface area contributed by atoms with Gasteiger partial charge < -0.3 is 0 Å². The van der Waals surface area contributed by atoms with E-state index in [4.69, 9.17) is 9.97 Å². The Bertz CT molecular complexity index is 1520. The first-order valence-corrected chi connectivity index (χ1v) is 9.44. The van der Waals surface area contributed by atoms with E-state index in [1.807, 2.05) is 12.1 Å². The number of fused-ring (bicyclic) bond motifs is 4. The van der Waals surface area contributed by atoms with E-state index >= 15 is 0 Å². The van der Waals surface area contributed by atoms with Crippen LogP contribution in [0.5, 0.6) is 0 Å². The first-order chi connectivity index (χ1) is 13.8. The molecular weight excluding hydrogens is 340 g/mol. The van der Waals surface area contributed by atoms with E-state index in [9.17, 15) is 0 Å². The summed E-state index contributed by atoms with van der Waals surface area (Å²) in [4.78, 5) is 9.73. The minimum atomic E-state index is 1.02. The summed E-state index contributed by atoms with van der Waals surface area (Å²) < 4.78 is 0. The van der Waals surface area contributed by atoms with Crippen molar-refractivity contribution >= 4 is 43.6 Å². The number of hydrogen-bond acceptors (Lipinski definition) is 2. The van der Waals surface area contributed by atoms with Crippen LogP contribution in [-0.4, -0.2) is 9.97 Å². The molecule has 28 heavy (non-hydrogen) atoms. The quantitative estimate of drug-likeness (QED) is 0.304. The molecule has 0 saturated carbocycles. The fraction of sp³-hybridized carbons (Fsp3) is 0. The van der Waals surface area contributed by atoms with E-state index < -0.39 is 0 Å². The SMILES string of the molecule is c1ccc2nc3cc(-c4cccc5nc6ccccc6cc45)ccc3cc2c1. The number of nitrogens with zero attached hydrogens (tertiary/aromatic N) is 2. The maximum absolute atomic E-state index is 4.88. The lowest BCUT2D eigenvalue weighted by atomic mass is 9.98. The summed E-state index contributed by atoms with van der Waals surface area (Å²) in [7, 11) is 0. The van der Waals surface area contributed by atoms with Crippen LogP contribution in [0.3, 0.4) is 0 Å². The Labute approximate surface area is 162 Å². The zero-order chi connectivity index (χ0) is 18.5. The lowest BCUT2D eigenvalue weighted by molar-refractivity contribution is 1.48. The Morgan fingerprint density at radius 2 is 1.07 bits per heavy atom. The molecule has 130 valence electrons.